The smallest absolute Gasteiger partial charge is 0.0753 e. The Kier molecular flexibility index (Phi) is 3.02. The van der Waals surface area contributed by atoms with Gasteiger partial charge in [-0.1, -0.05) is 19.1 Å². The van der Waals surface area contributed by atoms with Gasteiger partial charge >= 0.3 is 0 Å². The van der Waals surface area contributed by atoms with E-state index < -0.39 is 0 Å². The molecule has 16 heavy (non-hydrogen) atoms. The van der Waals surface area contributed by atoms with Crippen LogP contribution in [0.5, 0.6) is 0 Å². The topological polar surface area (TPSA) is 56.7 Å². The van der Waals surface area contributed by atoms with Crippen LogP contribution in [0.25, 0.3) is 0 Å². The van der Waals surface area contributed by atoms with Gasteiger partial charge in [0.2, 0.25) is 0 Å². The summed E-state index contributed by atoms with van der Waals surface area (Å²) in [7, 11) is 1.91. The Morgan fingerprint density at radius 3 is 2.56 bits per heavy atom. The molecule has 0 saturated heterocycles. The SMILES string of the molecule is Cn1nncc1C(N)C1CCC(C)(C)CC1. The molecule has 90 valence electrons. The maximum absolute atomic E-state index is 6.30. The van der Waals surface area contributed by atoms with Crippen molar-refractivity contribution in [2.75, 3.05) is 0 Å². The van der Waals surface area contributed by atoms with Gasteiger partial charge in [0, 0.05) is 7.05 Å². The zero-order valence-corrected chi connectivity index (χ0v) is 10.5. The van der Waals surface area contributed by atoms with Crippen molar-refractivity contribution in [3.63, 3.8) is 0 Å². The Morgan fingerprint density at radius 2 is 2.06 bits per heavy atom. The summed E-state index contributed by atoms with van der Waals surface area (Å²) in [5.41, 5.74) is 7.86. The van der Waals surface area contributed by atoms with E-state index >= 15 is 0 Å². The molecule has 1 aliphatic carbocycles. The Bertz CT molecular complexity index is 346. The first-order chi connectivity index (χ1) is 7.49. The number of aromatic nitrogens is 3. The van der Waals surface area contributed by atoms with Gasteiger partial charge in [-0.2, -0.15) is 0 Å². The Hall–Kier alpha value is -0.900. The van der Waals surface area contributed by atoms with E-state index in [1.165, 1.54) is 25.7 Å². The van der Waals surface area contributed by atoms with E-state index in [-0.39, 0.29) is 6.04 Å². The molecule has 1 unspecified atom stereocenters. The van der Waals surface area contributed by atoms with Gasteiger partial charge in [0.15, 0.2) is 0 Å². The van der Waals surface area contributed by atoms with Crippen LogP contribution in [0.2, 0.25) is 0 Å². The van der Waals surface area contributed by atoms with Crippen molar-refractivity contribution in [2.24, 2.45) is 24.1 Å². The van der Waals surface area contributed by atoms with E-state index in [1.54, 1.807) is 10.9 Å². The van der Waals surface area contributed by atoms with Gasteiger partial charge in [0.05, 0.1) is 17.9 Å². The van der Waals surface area contributed by atoms with Crippen molar-refractivity contribution in [2.45, 2.75) is 45.6 Å². The highest BCUT2D eigenvalue weighted by Crippen LogP contribution is 2.41. The molecule has 0 aliphatic heterocycles. The largest absolute Gasteiger partial charge is 0.322 e. The number of nitrogens with two attached hydrogens (primary N) is 1. The lowest BCUT2D eigenvalue weighted by molar-refractivity contribution is 0.171. The van der Waals surface area contributed by atoms with Crippen LogP contribution >= 0.6 is 0 Å². The minimum Gasteiger partial charge on any atom is -0.322 e. The third-order valence-corrected chi connectivity index (χ3v) is 3.98. The van der Waals surface area contributed by atoms with Gasteiger partial charge in [0.1, 0.15) is 0 Å². The summed E-state index contributed by atoms with van der Waals surface area (Å²) in [6.07, 6.45) is 6.79. The van der Waals surface area contributed by atoms with E-state index in [0.29, 0.717) is 11.3 Å². The molecule has 0 amide bonds. The predicted octanol–water partition coefficient (Wildman–Crippen LogP) is 2.03. The second kappa shape index (κ2) is 4.17. The number of hydrogen-bond donors (Lipinski definition) is 1. The summed E-state index contributed by atoms with van der Waals surface area (Å²) >= 11 is 0. The van der Waals surface area contributed by atoms with Crippen LogP contribution in [0, 0.1) is 11.3 Å². The highest BCUT2D eigenvalue weighted by Gasteiger charge is 2.31. The van der Waals surface area contributed by atoms with E-state index in [0.717, 1.165) is 5.69 Å². The molecule has 2 rings (SSSR count). The highest BCUT2D eigenvalue weighted by molar-refractivity contribution is 5.03. The van der Waals surface area contributed by atoms with Crippen LogP contribution in [0.15, 0.2) is 6.20 Å². The van der Waals surface area contributed by atoms with Crippen molar-refractivity contribution in [3.05, 3.63) is 11.9 Å². The average molecular weight is 222 g/mol. The van der Waals surface area contributed by atoms with Gasteiger partial charge in [-0.15, -0.1) is 5.10 Å². The van der Waals surface area contributed by atoms with Gasteiger partial charge in [-0.25, -0.2) is 0 Å². The lowest BCUT2D eigenvalue weighted by Gasteiger charge is -2.36. The molecule has 0 bridgehead atoms. The highest BCUT2D eigenvalue weighted by atomic mass is 15.4. The van der Waals surface area contributed by atoms with E-state index in [1.807, 2.05) is 7.05 Å². The summed E-state index contributed by atoms with van der Waals surface area (Å²) < 4.78 is 1.80. The van der Waals surface area contributed by atoms with Gasteiger partial charge in [-0.05, 0) is 37.0 Å². The van der Waals surface area contributed by atoms with Crippen LogP contribution in [-0.4, -0.2) is 15.0 Å². The molecule has 1 atom stereocenters. The third-order valence-electron chi connectivity index (χ3n) is 3.98. The lowest BCUT2D eigenvalue weighted by Crippen LogP contribution is -2.30. The van der Waals surface area contributed by atoms with E-state index in [9.17, 15) is 0 Å². The first-order valence-corrected chi connectivity index (χ1v) is 6.10. The van der Waals surface area contributed by atoms with Crippen molar-refractivity contribution < 1.29 is 0 Å². The standard InChI is InChI=1S/C12H22N4/c1-12(2)6-4-9(5-7-12)11(13)10-8-14-15-16(10)3/h8-9,11H,4-7,13H2,1-3H3. The molecule has 1 aliphatic rings. The lowest BCUT2D eigenvalue weighted by atomic mass is 9.71. The first kappa shape index (κ1) is 11.6. The fourth-order valence-electron chi connectivity index (χ4n) is 2.62. The fourth-order valence-corrected chi connectivity index (χ4v) is 2.62. The zero-order valence-electron chi connectivity index (χ0n) is 10.5. The molecule has 4 nitrogen and oxygen atoms in total. The molecular weight excluding hydrogens is 200 g/mol. The predicted molar refractivity (Wildman–Crippen MR) is 63.7 cm³/mol. The summed E-state index contributed by atoms with van der Waals surface area (Å²) in [5, 5.41) is 7.85. The summed E-state index contributed by atoms with van der Waals surface area (Å²) in [6.45, 7) is 4.70. The molecule has 1 aromatic heterocycles. The van der Waals surface area contributed by atoms with Crippen LogP contribution < -0.4 is 5.73 Å². The van der Waals surface area contributed by atoms with Gasteiger partial charge in [0.25, 0.3) is 0 Å². The summed E-state index contributed by atoms with van der Waals surface area (Å²) in [5.74, 6) is 0.588. The number of hydrogen-bond acceptors (Lipinski definition) is 3. The molecule has 2 N–H and O–H groups in total. The molecule has 1 fully saturated rings. The molecule has 0 radical (unpaired) electrons. The molecular formula is C12H22N4. The van der Waals surface area contributed by atoms with E-state index in [4.69, 9.17) is 5.73 Å². The Morgan fingerprint density at radius 1 is 1.44 bits per heavy atom. The third kappa shape index (κ3) is 2.26. The van der Waals surface area contributed by atoms with Crippen LogP contribution in [0.4, 0.5) is 0 Å². The minimum atomic E-state index is 0.0936. The molecule has 1 saturated carbocycles. The van der Waals surface area contributed by atoms with Crippen LogP contribution in [0.3, 0.4) is 0 Å². The monoisotopic (exact) mass is 222 g/mol. The maximum Gasteiger partial charge on any atom is 0.0753 e. The normalized spacial score (nSPS) is 23.2. The second-order valence-corrected chi connectivity index (χ2v) is 5.81. The molecule has 0 spiro atoms. The van der Waals surface area contributed by atoms with Crippen molar-refractivity contribution >= 4 is 0 Å². The van der Waals surface area contributed by atoms with Gasteiger partial charge < -0.3 is 5.73 Å². The molecule has 4 heteroatoms. The molecule has 0 aromatic carbocycles. The Balaban J connectivity index is 2.02. The fraction of sp³-hybridized carbons (Fsp3) is 0.833. The average Bonchev–Trinajstić information content (AvgIpc) is 2.63. The van der Waals surface area contributed by atoms with Crippen molar-refractivity contribution in [3.8, 4) is 0 Å². The number of rotatable bonds is 2. The van der Waals surface area contributed by atoms with Crippen LogP contribution in [-0.2, 0) is 7.05 Å². The quantitative estimate of drug-likeness (QED) is 0.833. The van der Waals surface area contributed by atoms with Crippen molar-refractivity contribution in [1.82, 2.24) is 15.0 Å². The molecule has 1 aromatic rings. The maximum atomic E-state index is 6.30. The van der Waals surface area contributed by atoms with Crippen LogP contribution in [0.1, 0.15) is 51.3 Å². The minimum absolute atomic E-state index is 0.0936. The number of aryl methyl sites for hydroxylation is 1. The summed E-state index contributed by atoms with van der Waals surface area (Å²) in [4.78, 5) is 0. The number of nitrogens with zero attached hydrogens (tertiary/aromatic N) is 3. The van der Waals surface area contributed by atoms with E-state index in [2.05, 4.69) is 24.2 Å². The van der Waals surface area contributed by atoms with Gasteiger partial charge in [-0.3, -0.25) is 4.68 Å². The second-order valence-electron chi connectivity index (χ2n) is 5.81. The zero-order chi connectivity index (χ0) is 11.8. The molecule has 1 heterocycles. The Labute approximate surface area is 97.2 Å². The van der Waals surface area contributed by atoms with Crippen molar-refractivity contribution in [1.29, 1.82) is 0 Å². The summed E-state index contributed by atoms with van der Waals surface area (Å²) in [6, 6.07) is 0.0936. The first-order valence-electron chi connectivity index (χ1n) is 6.10.